The quantitative estimate of drug-likeness (QED) is 0.746. The van der Waals surface area contributed by atoms with E-state index >= 15 is 0 Å². The maximum Gasteiger partial charge on any atom is 0.401 e. The van der Waals surface area contributed by atoms with Crippen molar-refractivity contribution in [1.82, 2.24) is 10.2 Å². The maximum atomic E-state index is 12.0. The van der Waals surface area contributed by atoms with E-state index in [0.717, 1.165) is 0 Å². The molecule has 0 aromatic rings. The Morgan fingerprint density at radius 3 is 2.00 bits per heavy atom. The van der Waals surface area contributed by atoms with Gasteiger partial charge in [-0.1, -0.05) is 13.8 Å². The van der Waals surface area contributed by atoms with Gasteiger partial charge >= 0.3 is 6.18 Å². The van der Waals surface area contributed by atoms with Gasteiger partial charge in [-0.15, -0.1) is 0 Å². The molecule has 14 heavy (non-hydrogen) atoms. The molecule has 0 spiro atoms. The molecule has 0 radical (unpaired) electrons. The maximum absolute atomic E-state index is 12.0. The van der Waals surface area contributed by atoms with Gasteiger partial charge in [-0.25, -0.2) is 0 Å². The summed E-state index contributed by atoms with van der Waals surface area (Å²) in [6.07, 6.45) is -4.11. The van der Waals surface area contributed by atoms with Crippen LogP contribution < -0.4 is 5.32 Å². The lowest BCUT2D eigenvalue weighted by molar-refractivity contribution is -0.145. The highest BCUT2D eigenvalue weighted by atomic mass is 19.4. The molecule has 0 saturated carbocycles. The second-order valence-electron chi connectivity index (χ2n) is 4.48. The highest BCUT2D eigenvalue weighted by Crippen LogP contribution is 2.19. The van der Waals surface area contributed by atoms with Gasteiger partial charge in [-0.2, -0.15) is 13.2 Å². The smallest absolute Gasteiger partial charge is 0.319 e. The molecule has 5 heteroatoms. The molecule has 0 amide bonds. The average Bonchev–Trinajstić information content (AvgIpc) is 1.78. The summed E-state index contributed by atoms with van der Waals surface area (Å²) in [7, 11) is 3.29. The van der Waals surface area contributed by atoms with E-state index < -0.39 is 12.7 Å². The first-order chi connectivity index (χ1) is 6.16. The van der Waals surface area contributed by atoms with Crippen LogP contribution in [0.1, 0.15) is 13.8 Å². The number of alkyl halides is 3. The second kappa shape index (κ2) is 4.98. The van der Waals surface area contributed by atoms with Crippen LogP contribution in [-0.4, -0.2) is 44.8 Å². The van der Waals surface area contributed by atoms with Crippen molar-refractivity contribution in [3.8, 4) is 0 Å². The number of hydrogen-bond donors (Lipinski definition) is 1. The van der Waals surface area contributed by atoms with Crippen LogP contribution in [0.5, 0.6) is 0 Å². The lowest BCUT2D eigenvalue weighted by Gasteiger charge is -2.30. The van der Waals surface area contributed by atoms with Crippen LogP contribution in [0.25, 0.3) is 0 Å². The van der Waals surface area contributed by atoms with Crippen LogP contribution >= 0.6 is 0 Å². The first-order valence-corrected chi connectivity index (χ1v) is 4.56. The summed E-state index contributed by atoms with van der Waals surface area (Å²) in [5, 5.41) is 2.97. The first-order valence-electron chi connectivity index (χ1n) is 4.56. The summed E-state index contributed by atoms with van der Waals surface area (Å²) in [5.41, 5.74) is -0.144. The van der Waals surface area contributed by atoms with Gasteiger partial charge in [0.25, 0.3) is 0 Å². The third kappa shape index (κ3) is 7.15. The van der Waals surface area contributed by atoms with Gasteiger partial charge in [0, 0.05) is 13.1 Å². The predicted molar refractivity (Wildman–Crippen MR) is 51.3 cm³/mol. The fraction of sp³-hybridized carbons (Fsp3) is 1.00. The zero-order chi connectivity index (χ0) is 11.4. The Balaban J connectivity index is 3.98. The third-order valence-corrected chi connectivity index (χ3v) is 1.80. The van der Waals surface area contributed by atoms with Crippen LogP contribution in [0.2, 0.25) is 0 Å². The van der Waals surface area contributed by atoms with E-state index in [9.17, 15) is 13.2 Å². The third-order valence-electron chi connectivity index (χ3n) is 1.80. The Kier molecular flexibility index (Phi) is 4.88. The van der Waals surface area contributed by atoms with Crippen molar-refractivity contribution < 1.29 is 13.2 Å². The van der Waals surface area contributed by atoms with E-state index in [2.05, 4.69) is 5.32 Å². The van der Waals surface area contributed by atoms with Crippen LogP contribution in [0.15, 0.2) is 0 Å². The zero-order valence-electron chi connectivity index (χ0n) is 9.20. The number of nitrogens with zero attached hydrogens (tertiary/aromatic N) is 1. The van der Waals surface area contributed by atoms with E-state index in [1.807, 2.05) is 13.8 Å². The summed E-state index contributed by atoms with van der Waals surface area (Å²) < 4.78 is 36.0. The van der Waals surface area contributed by atoms with Gasteiger partial charge in [0.05, 0.1) is 6.54 Å². The molecule has 0 rings (SSSR count). The highest BCUT2D eigenvalue weighted by Gasteiger charge is 2.31. The number of halogens is 3. The molecule has 0 aliphatic carbocycles. The van der Waals surface area contributed by atoms with E-state index in [0.29, 0.717) is 13.1 Å². The largest absolute Gasteiger partial charge is 0.401 e. The van der Waals surface area contributed by atoms with Crippen LogP contribution in [0, 0.1) is 5.41 Å². The molecule has 0 fully saturated rings. The number of hydrogen-bond acceptors (Lipinski definition) is 2. The molecule has 86 valence electrons. The molecule has 2 nitrogen and oxygen atoms in total. The molecule has 1 N–H and O–H groups in total. The topological polar surface area (TPSA) is 15.3 Å². The van der Waals surface area contributed by atoms with Gasteiger partial charge in [-0.05, 0) is 19.5 Å². The molecule has 0 unspecified atom stereocenters. The number of nitrogens with one attached hydrogen (secondary N) is 1. The van der Waals surface area contributed by atoms with Crippen LogP contribution in [-0.2, 0) is 0 Å². The highest BCUT2D eigenvalue weighted by molar-refractivity contribution is 4.75. The van der Waals surface area contributed by atoms with Gasteiger partial charge in [0.15, 0.2) is 0 Å². The Morgan fingerprint density at radius 1 is 1.14 bits per heavy atom. The van der Waals surface area contributed by atoms with E-state index in [-0.39, 0.29) is 5.41 Å². The minimum atomic E-state index is -4.11. The summed E-state index contributed by atoms with van der Waals surface area (Å²) in [6, 6.07) is 0. The fourth-order valence-electron chi connectivity index (χ4n) is 1.63. The molecular weight excluding hydrogens is 193 g/mol. The minimum absolute atomic E-state index is 0.144. The van der Waals surface area contributed by atoms with Gasteiger partial charge in [0.1, 0.15) is 0 Å². The Bertz CT molecular complexity index is 166. The van der Waals surface area contributed by atoms with E-state index in [1.54, 1.807) is 7.05 Å². The molecule has 0 aliphatic heterocycles. The molecule has 0 bridgehead atoms. The normalized spacial score (nSPS) is 13.7. The van der Waals surface area contributed by atoms with Crippen molar-refractivity contribution >= 4 is 0 Å². The molecule has 0 aromatic heterocycles. The van der Waals surface area contributed by atoms with Crippen molar-refractivity contribution in [2.24, 2.45) is 5.41 Å². The van der Waals surface area contributed by atoms with Crippen LogP contribution in [0.3, 0.4) is 0 Å². The average molecular weight is 212 g/mol. The molecular formula is C9H19F3N2. The van der Waals surface area contributed by atoms with Crippen LogP contribution in [0.4, 0.5) is 13.2 Å². The van der Waals surface area contributed by atoms with Crippen molar-refractivity contribution in [3.05, 3.63) is 0 Å². The molecule has 0 aliphatic rings. The second-order valence-corrected chi connectivity index (χ2v) is 4.48. The summed E-state index contributed by atoms with van der Waals surface area (Å²) in [6.45, 7) is 4.16. The van der Waals surface area contributed by atoms with E-state index in [1.165, 1.54) is 11.9 Å². The Labute approximate surface area is 83.5 Å². The lowest BCUT2D eigenvalue weighted by Crippen LogP contribution is -2.41. The predicted octanol–water partition coefficient (Wildman–Crippen LogP) is 1.73. The standard InChI is InChI=1S/C9H19F3N2/c1-8(2,5-13-3)6-14(4)7-9(10,11)12/h13H,5-7H2,1-4H3. The molecule has 0 atom stereocenters. The Hall–Kier alpha value is -0.290. The Morgan fingerprint density at radius 2 is 1.64 bits per heavy atom. The summed E-state index contributed by atoms with van der Waals surface area (Å²) in [4.78, 5) is 1.30. The SMILES string of the molecule is CNCC(C)(C)CN(C)CC(F)(F)F. The van der Waals surface area contributed by atoms with Gasteiger partial charge < -0.3 is 5.32 Å². The number of rotatable bonds is 5. The molecule has 0 heterocycles. The zero-order valence-corrected chi connectivity index (χ0v) is 9.20. The molecule has 0 aromatic carbocycles. The summed E-state index contributed by atoms with van der Waals surface area (Å²) >= 11 is 0. The minimum Gasteiger partial charge on any atom is -0.319 e. The monoisotopic (exact) mass is 212 g/mol. The lowest BCUT2D eigenvalue weighted by atomic mass is 9.93. The van der Waals surface area contributed by atoms with Crippen molar-refractivity contribution in [2.75, 3.05) is 33.7 Å². The van der Waals surface area contributed by atoms with Crippen molar-refractivity contribution in [1.29, 1.82) is 0 Å². The van der Waals surface area contributed by atoms with E-state index in [4.69, 9.17) is 0 Å². The van der Waals surface area contributed by atoms with Crippen molar-refractivity contribution in [3.63, 3.8) is 0 Å². The first kappa shape index (κ1) is 13.7. The fourth-order valence-corrected chi connectivity index (χ4v) is 1.63. The van der Waals surface area contributed by atoms with Gasteiger partial charge in [0.2, 0.25) is 0 Å². The molecule has 0 saturated heterocycles. The van der Waals surface area contributed by atoms with Crippen molar-refractivity contribution in [2.45, 2.75) is 20.0 Å². The summed E-state index contributed by atoms with van der Waals surface area (Å²) in [5.74, 6) is 0. The van der Waals surface area contributed by atoms with Gasteiger partial charge in [-0.3, -0.25) is 4.90 Å².